The third-order valence-corrected chi connectivity index (χ3v) is 8.74. The molecule has 1 atom stereocenters. The van der Waals surface area contributed by atoms with Gasteiger partial charge in [-0.3, -0.25) is 9.69 Å². The fourth-order valence-electron chi connectivity index (χ4n) is 4.95. The number of carbonyl (C=O) groups excluding carboxylic acids is 1. The van der Waals surface area contributed by atoms with Gasteiger partial charge in [0.25, 0.3) is 0 Å². The number of likely N-dealkylation sites (tertiary alicyclic amines) is 1. The molecule has 0 spiro atoms. The second-order valence-corrected chi connectivity index (χ2v) is 11.1. The van der Waals surface area contributed by atoms with E-state index in [0.29, 0.717) is 50.6 Å². The molecule has 2 saturated heterocycles. The van der Waals surface area contributed by atoms with Crippen molar-refractivity contribution in [3.8, 4) is 11.5 Å². The number of nitrogens with one attached hydrogen (secondary N) is 1. The average molecular weight is 486 g/mol. The van der Waals surface area contributed by atoms with Crippen LogP contribution in [0.2, 0.25) is 0 Å². The van der Waals surface area contributed by atoms with Crippen LogP contribution in [0.1, 0.15) is 24.8 Å². The Hall–Kier alpha value is -2.62. The molecule has 0 bridgehead atoms. The zero-order valence-corrected chi connectivity index (χ0v) is 20.0. The van der Waals surface area contributed by atoms with E-state index in [1.54, 1.807) is 12.1 Å². The summed E-state index contributed by atoms with van der Waals surface area (Å²) in [5.41, 5.74) is 1.28. The summed E-state index contributed by atoms with van der Waals surface area (Å²) in [5.74, 6) is 0.909. The highest BCUT2D eigenvalue weighted by Crippen LogP contribution is 2.34. The molecule has 0 aromatic heterocycles. The number of benzene rings is 2. The largest absolute Gasteiger partial charge is 0.486 e. The average Bonchev–Trinajstić information content (AvgIpc) is 3.30. The molecular formula is C25H31N3O5S. The standard InChI is InChI=1S/C25H31N3O5S/c29-25(26-21-10-11-27(18-21)17-19-4-2-1-3-5-19)20-8-12-28(13-9-20)34(30,31)22-6-7-23-24(16-22)33-15-14-32-23/h1-7,16,20-21H,8-15,17-18H2,(H,26,29). The van der Waals surface area contributed by atoms with E-state index in [1.807, 2.05) is 18.2 Å². The zero-order valence-electron chi connectivity index (χ0n) is 19.2. The number of carbonyl (C=O) groups is 1. The first kappa shape index (κ1) is 23.1. The van der Waals surface area contributed by atoms with Gasteiger partial charge in [0.2, 0.25) is 15.9 Å². The lowest BCUT2D eigenvalue weighted by Crippen LogP contribution is -2.45. The van der Waals surface area contributed by atoms with Crippen molar-refractivity contribution in [1.82, 2.24) is 14.5 Å². The summed E-state index contributed by atoms with van der Waals surface area (Å²) in [6, 6.07) is 15.2. The van der Waals surface area contributed by atoms with Crippen molar-refractivity contribution in [1.29, 1.82) is 0 Å². The first-order chi connectivity index (χ1) is 16.5. The third-order valence-electron chi connectivity index (χ3n) is 6.84. The van der Waals surface area contributed by atoms with Crippen LogP contribution in [0, 0.1) is 5.92 Å². The predicted octanol–water partition coefficient (Wildman–Crippen LogP) is 2.25. The van der Waals surface area contributed by atoms with Gasteiger partial charge < -0.3 is 14.8 Å². The summed E-state index contributed by atoms with van der Waals surface area (Å²) in [5, 5.41) is 3.20. The second-order valence-electron chi connectivity index (χ2n) is 9.20. The summed E-state index contributed by atoms with van der Waals surface area (Å²) >= 11 is 0. The van der Waals surface area contributed by atoms with Crippen molar-refractivity contribution in [2.75, 3.05) is 39.4 Å². The van der Waals surface area contributed by atoms with Crippen LogP contribution in [-0.4, -0.2) is 69.0 Å². The molecule has 182 valence electrons. The number of rotatable bonds is 6. The fraction of sp³-hybridized carbons (Fsp3) is 0.480. The maximum Gasteiger partial charge on any atom is 0.243 e. The minimum absolute atomic E-state index is 0.0444. The minimum Gasteiger partial charge on any atom is -0.486 e. The van der Waals surface area contributed by atoms with E-state index in [9.17, 15) is 13.2 Å². The SMILES string of the molecule is O=C(NC1CCN(Cc2ccccc2)C1)C1CCN(S(=O)(=O)c2ccc3c(c2)OCCO3)CC1. The van der Waals surface area contributed by atoms with Crippen molar-refractivity contribution in [3.05, 3.63) is 54.1 Å². The van der Waals surface area contributed by atoms with Gasteiger partial charge >= 0.3 is 0 Å². The molecule has 1 amide bonds. The molecule has 2 aromatic carbocycles. The van der Waals surface area contributed by atoms with Crippen molar-refractivity contribution >= 4 is 15.9 Å². The smallest absolute Gasteiger partial charge is 0.243 e. The number of fused-ring (bicyclic) bond motifs is 1. The van der Waals surface area contributed by atoms with E-state index >= 15 is 0 Å². The van der Waals surface area contributed by atoms with E-state index in [2.05, 4.69) is 22.3 Å². The van der Waals surface area contributed by atoms with Crippen LogP contribution in [0.4, 0.5) is 0 Å². The van der Waals surface area contributed by atoms with Gasteiger partial charge in [-0.25, -0.2) is 8.42 Å². The quantitative estimate of drug-likeness (QED) is 0.675. The Morgan fingerprint density at radius 1 is 0.941 bits per heavy atom. The van der Waals surface area contributed by atoms with E-state index in [1.165, 1.54) is 15.9 Å². The first-order valence-corrected chi connectivity index (χ1v) is 13.4. The molecule has 5 rings (SSSR count). The van der Waals surface area contributed by atoms with Crippen molar-refractivity contribution in [2.45, 2.75) is 36.7 Å². The molecule has 8 nitrogen and oxygen atoms in total. The monoisotopic (exact) mass is 485 g/mol. The summed E-state index contributed by atoms with van der Waals surface area (Å²) in [6.45, 7) is 4.23. The highest BCUT2D eigenvalue weighted by atomic mass is 32.2. The predicted molar refractivity (Wildman–Crippen MR) is 127 cm³/mol. The van der Waals surface area contributed by atoms with Crippen molar-refractivity contribution in [2.24, 2.45) is 5.92 Å². The zero-order chi connectivity index (χ0) is 23.5. The molecule has 1 unspecified atom stereocenters. The lowest BCUT2D eigenvalue weighted by atomic mass is 9.97. The summed E-state index contributed by atoms with van der Waals surface area (Å²) in [7, 11) is -3.64. The van der Waals surface area contributed by atoms with Crippen molar-refractivity contribution < 1.29 is 22.7 Å². The van der Waals surface area contributed by atoms with Gasteiger partial charge in [-0.1, -0.05) is 30.3 Å². The molecule has 3 heterocycles. The molecular weight excluding hydrogens is 454 g/mol. The molecule has 3 aliphatic rings. The van der Waals surface area contributed by atoms with Gasteiger partial charge in [-0.05, 0) is 37.0 Å². The van der Waals surface area contributed by atoms with Crippen LogP contribution in [0.15, 0.2) is 53.4 Å². The van der Waals surface area contributed by atoms with Gasteiger partial charge in [-0.2, -0.15) is 4.31 Å². The summed E-state index contributed by atoms with van der Waals surface area (Å²) < 4.78 is 38.8. The Bertz CT molecular complexity index is 1120. The maximum absolute atomic E-state index is 13.1. The van der Waals surface area contributed by atoms with Gasteiger partial charge in [-0.15, -0.1) is 0 Å². The molecule has 2 aromatic rings. The number of ether oxygens (including phenoxy) is 2. The number of sulfonamides is 1. The number of hydrogen-bond donors (Lipinski definition) is 1. The van der Waals surface area contributed by atoms with Crippen molar-refractivity contribution in [3.63, 3.8) is 0 Å². The highest BCUT2D eigenvalue weighted by Gasteiger charge is 2.34. The molecule has 0 aliphatic carbocycles. The first-order valence-electron chi connectivity index (χ1n) is 12.0. The van der Waals surface area contributed by atoms with Gasteiger partial charge in [0.15, 0.2) is 11.5 Å². The number of amides is 1. The molecule has 2 fully saturated rings. The Kier molecular flexibility index (Phi) is 6.76. The van der Waals surface area contributed by atoms with E-state index < -0.39 is 10.0 Å². The molecule has 0 saturated carbocycles. The maximum atomic E-state index is 13.1. The Balaban J connectivity index is 1.12. The van der Waals surface area contributed by atoms with Crippen LogP contribution in [0.25, 0.3) is 0 Å². The minimum atomic E-state index is -3.64. The topological polar surface area (TPSA) is 88.2 Å². The van der Waals surface area contributed by atoms with Crippen LogP contribution < -0.4 is 14.8 Å². The lowest BCUT2D eigenvalue weighted by molar-refractivity contribution is -0.126. The molecule has 34 heavy (non-hydrogen) atoms. The van der Waals surface area contributed by atoms with Gasteiger partial charge in [0, 0.05) is 50.7 Å². The van der Waals surface area contributed by atoms with Crippen LogP contribution in [0.3, 0.4) is 0 Å². The summed E-state index contributed by atoms with van der Waals surface area (Å²) in [4.78, 5) is 15.4. The normalized spacial score (nSPS) is 21.9. The summed E-state index contributed by atoms with van der Waals surface area (Å²) in [6.07, 6.45) is 1.99. The van der Waals surface area contributed by atoms with Crippen LogP contribution in [0.5, 0.6) is 11.5 Å². The third kappa shape index (κ3) is 5.06. The highest BCUT2D eigenvalue weighted by molar-refractivity contribution is 7.89. The lowest BCUT2D eigenvalue weighted by Gasteiger charge is -2.31. The van der Waals surface area contributed by atoms with E-state index in [-0.39, 0.29) is 22.8 Å². The van der Waals surface area contributed by atoms with Crippen LogP contribution in [-0.2, 0) is 21.4 Å². The van der Waals surface area contributed by atoms with Gasteiger partial charge in [0.05, 0.1) is 4.90 Å². The second kappa shape index (κ2) is 9.93. The van der Waals surface area contributed by atoms with E-state index in [0.717, 1.165) is 26.1 Å². The Morgan fingerprint density at radius 2 is 1.68 bits per heavy atom. The number of piperidine rings is 1. The van der Waals surface area contributed by atoms with Crippen LogP contribution >= 0.6 is 0 Å². The molecule has 3 aliphatic heterocycles. The van der Waals surface area contributed by atoms with Gasteiger partial charge in [0.1, 0.15) is 13.2 Å². The van der Waals surface area contributed by atoms with E-state index in [4.69, 9.17) is 9.47 Å². The molecule has 9 heteroatoms. The molecule has 1 N–H and O–H groups in total. The fourth-order valence-corrected chi connectivity index (χ4v) is 6.43. The Morgan fingerprint density at radius 3 is 2.44 bits per heavy atom. The number of nitrogens with zero attached hydrogens (tertiary/aromatic N) is 2. The number of hydrogen-bond acceptors (Lipinski definition) is 6. The Labute approximate surface area is 200 Å². The molecule has 0 radical (unpaired) electrons.